The first-order valence-corrected chi connectivity index (χ1v) is 21.8. The number of hydrogen-bond acceptors (Lipinski definition) is 2. The minimum atomic E-state index is -0.509. The van der Waals surface area contributed by atoms with Gasteiger partial charge in [-0.15, -0.1) is 0 Å². The number of fused-ring (bicyclic) bond motifs is 6. The Kier molecular flexibility index (Phi) is 9.20. The van der Waals surface area contributed by atoms with E-state index in [-0.39, 0.29) is 0 Å². The SMILES string of the molecule is C=C(/C=C\C=C/C)c1ccc(N(c2ccc(-c3nn4c(C5CC5)cc5ccccc5c4c3C)cc2)c2ccc3c(c2)C(c2ccccc2)(c2ccccc2)c2ccccc2-3)cc1. The fourth-order valence-electron chi connectivity index (χ4n) is 9.99. The monoisotopic (exact) mass is 797 g/mol. The Morgan fingerprint density at radius 1 is 0.645 bits per heavy atom. The van der Waals surface area contributed by atoms with E-state index in [1.165, 1.54) is 73.8 Å². The molecule has 0 atom stereocenters. The lowest BCUT2D eigenvalue weighted by molar-refractivity contribution is 0.768. The van der Waals surface area contributed by atoms with Crippen LogP contribution in [0.2, 0.25) is 0 Å². The van der Waals surface area contributed by atoms with Crippen molar-refractivity contribution in [1.29, 1.82) is 0 Å². The van der Waals surface area contributed by atoms with Crippen LogP contribution < -0.4 is 4.90 Å². The minimum Gasteiger partial charge on any atom is -0.310 e. The summed E-state index contributed by atoms with van der Waals surface area (Å²) in [5.41, 5.74) is 18.3. The van der Waals surface area contributed by atoms with Crippen molar-refractivity contribution < 1.29 is 0 Å². The molecule has 1 saturated carbocycles. The van der Waals surface area contributed by atoms with Crippen LogP contribution in [0.4, 0.5) is 17.1 Å². The minimum absolute atomic E-state index is 0.509. The van der Waals surface area contributed by atoms with Gasteiger partial charge in [0, 0.05) is 45.2 Å². The van der Waals surface area contributed by atoms with Crippen molar-refractivity contribution in [3.8, 4) is 22.4 Å². The maximum absolute atomic E-state index is 5.36. The van der Waals surface area contributed by atoms with Crippen molar-refractivity contribution in [2.45, 2.75) is 38.0 Å². The van der Waals surface area contributed by atoms with Gasteiger partial charge in [-0.1, -0.05) is 170 Å². The number of hydrogen-bond donors (Lipinski definition) is 0. The van der Waals surface area contributed by atoms with E-state index in [1.54, 1.807) is 0 Å². The summed E-state index contributed by atoms with van der Waals surface area (Å²) in [6, 6.07) is 67.0. The first kappa shape index (κ1) is 37.5. The average molecular weight is 798 g/mol. The van der Waals surface area contributed by atoms with Gasteiger partial charge in [0.05, 0.1) is 16.6 Å². The maximum Gasteiger partial charge on any atom is 0.0963 e. The molecule has 0 amide bonds. The summed E-state index contributed by atoms with van der Waals surface area (Å²) in [4.78, 5) is 2.39. The molecule has 0 N–H and O–H groups in total. The standard InChI is InChI=1S/C59H47N3/c1-4-5-8-17-40(2)42-28-32-48(33-29-42)61(49-34-30-44(31-35-49)57-41(3)58-51-23-14-13-18-45(51)38-56(43-26-27-43)62(58)60-57)50-36-37-53-52-24-15-16-25-54(52)59(55(53)39-50,46-19-9-6-10-20-46)47-21-11-7-12-22-47/h4-25,28-39,43H,2,26-27H2,1,3H3/b5-4-,17-8-. The molecule has 298 valence electrons. The number of pyridine rings is 1. The van der Waals surface area contributed by atoms with E-state index in [1.807, 2.05) is 25.2 Å². The predicted molar refractivity (Wildman–Crippen MR) is 260 cm³/mol. The van der Waals surface area contributed by atoms with Gasteiger partial charge in [-0.05, 0) is 119 Å². The highest BCUT2D eigenvalue weighted by molar-refractivity contribution is 6.00. The zero-order chi connectivity index (χ0) is 41.8. The van der Waals surface area contributed by atoms with Crippen LogP contribution in [-0.2, 0) is 5.41 Å². The molecule has 0 radical (unpaired) electrons. The average Bonchev–Trinajstić information content (AvgIpc) is 4.06. The normalized spacial score (nSPS) is 14.2. The summed E-state index contributed by atoms with van der Waals surface area (Å²) in [6.45, 7) is 8.63. The number of aryl methyl sites for hydroxylation is 1. The number of anilines is 3. The molecule has 0 bridgehead atoms. The quantitative estimate of drug-likeness (QED) is 0.129. The zero-order valence-corrected chi connectivity index (χ0v) is 35.2. The van der Waals surface area contributed by atoms with Gasteiger partial charge in [0.15, 0.2) is 0 Å². The molecule has 11 rings (SSSR count). The van der Waals surface area contributed by atoms with E-state index >= 15 is 0 Å². The van der Waals surface area contributed by atoms with Crippen LogP contribution >= 0.6 is 0 Å². The summed E-state index contributed by atoms with van der Waals surface area (Å²) in [5.74, 6) is 0.570. The Bertz CT molecular complexity index is 3160. The molecule has 0 saturated heterocycles. The van der Waals surface area contributed by atoms with E-state index in [4.69, 9.17) is 5.10 Å². The zero-order valence-electron chi connectivity index (χ0n) is 35.2. The van der Waals surface area contributed by atoms with Crippen LogP contribution in [0, 0.1) is 6.92 Å². The van der Waals surface area contributed by atoms with E-state index in [2.05, 4.69) is 211 Å². The van der Waals surface area contributed by atoms with Crippen LogP contribution in [0.25, 0.3) is 44.2 Å². The second-order valence-corrected chi connectivity index (χ2v) is 16.8. The third-order valence-electron chi connectivity index (χ3n) is 13.1. The number of rotatable bonds is 10. The highest BCUT2D eigenvalue weighted by atomic mass is 15.2. The Hall–Kier alpha value is -7.49. The van der Waals surface area contributed by atoms with Gasteiger partial charge in [-0.3, -0.25) is 0 Å². The van der Waals surface area contributed by atoms with Gasteiger partial charge in [0.25, 0.3) is 0 Å². The first-order valence-electron chi connectivity index (χ1n) is 21.8. The van der Waals surface area contributed by atoms with Gasteiger partial charge < -0.3 is 4.90 Å². The highest BCUT2D eigenvalue weighted by Gasteiger charge is 2.46. The lowest BCUT2D eigenvalue weighted by atomic mass is 9.67. The summed E-state index contributed by atoms with van der Waals surface area (Å²) in [5, 5.41) is 7.89. The van der Waals surface area contributed by atoms with Crippen LogP contribution in [0.5, 0.6) is 0 Å². The van der Waals surface area contributed by atoms with Gasteiger partial charge in [0.1, 0.15) is 0 Å². The molecule has 7 aromatic carbocycles. The van der Waals surface area contributed by atoms with Crippen molar-refractivity contribution in [1.82, 2.24) is 9.61 Å². The summed E-state index contributed by atoms with van der Waals surface area (Å²) in [6.07, 6.45) is 10.6. The van der Waals surface area contributed by atoms with Crippen molar-refractivity contribution in [2.24, 2.45) is 0 Å². The third kappa shape index (κ3) is 6.07. The van der Waals surface area contributed by atoms with E-state index in [0.29, 0.717) is 5.92 Å². The second-order valence-electron chi connectivity index (χ2n) is 16.8. The second kappa shape index (κ2) is 15.2. The molecule has 3 nitrogen and oxygen atoms in total. The van der Waals surface area contributed by atoms with Gasteiger partial charge in [-0.2, -0.15) is 5.10 Å². The van der Waals surface area contributed by atoms with Crippen LogP contribution in [0.15, 0.2) is 213 Å². The van der Waals surface area contributed by atoms with E-state index < -0.39 is 5.41 Å². The molecule has 9 aromatic rings. The molecule has 2 aliphatic carbocycles. The lowest BCUT2D eigenvalue weighted by Gasteiger charge is -2.35. The third-order valence-corrected chi connectivity index (χ3v) is 13.1. The van der Waals surface area contributed by atoms with E-state index in [0.717, 1.165) is 39.5 Å². The summed E-state index contributed by atoms with van der Waals surface area (Å²) in [7, 11) is 0. The number of aromatic nitrogens is 2. The molecule has 2 aromatic heterocycles. The molecule has 0 aliphatic heterocycles. The van der Waals surface area contributed by atoms with Crippen LogP contribution in [0.1, 0.15) is 64.8 Å². The van der Waals surface area contributed by atoms with E-state index in [9.17, 15) is 0 Å². The Balaban J connectivity index is 1.08. The molecule has 0 spiro atoms. The number of benzene rings is 7. The van der Waals surface area contributed by atoms with Gasteiger partial charge in [-0.25, -0.2) is 4.52 Å². The maximum atomic E-state index is 5.36. The summed E-state index contributed by atoms with van der Waals surface area (Å²) < 4.78 is 2.24. The first-order chi connectivity index (χ1) is 30.5. The number of allylic oxidation sites excluding steroid dienone is 5. The molecule has 2 aliphatic rings. The molecular weight excluding hydrogens is 751 g/mol. The largest absolute Gasteiger partial charge is 0.310 e. The van der Waals surface area contributed by atoms with Crippen molar-refractivity contribution >= 4 is 38.9 Å². The molecule has 62 heavy (non-hydrogen) atoms. The predicted octanol–water partition coefficient (Wildman–Crippen LogP) is 15.3. The Morgan fingerprint density at radius 3 is 1.95 bits per heavy atom. The highest BCUT2D eigenvalue weighted by Crippen LogP contribution is 2.57. The fraction of sp³-hybridized carbons (Fsp3) is 0.102. The fourth-order valence-corrected chi connectivity index (χ4v) is 9.99. The number of nitrogens with zero attached hydrogens (tertiary/aromatic N) is 3. The van der Waals surface area contributed by atoms with Crippen LogP contribution in [0.3, 0.4) is 0 Å². The molecule has 3 heteroatoms. The van der Waals surface area contributed by atoms with Crippen LogP contribution in [-0.4, -0.2) is 9.61 Å². The topological polar surface area (TPSA) is 20.5 Å². The molecular formula is C59H47N3. The Labute approximate surface area is 364 Å². The van der Waals surface area contributed by atoms with Crippen molar-refractivity contribution in [2.75, 3.05) is 4.90 Å². The van der Waals surface area contributed by atoms with Crippen molar-refractivity contribution in [3.63, 3.8) is 0 Å². The molecule has 1 fully saturated rings. The summed E-state index contributed by atoms with van der Waals surface area (Å²) >= 11 is 0. The molecule has 2 heterocycles. The Morgan fingerprint density at radius 2 is 1.26 bits per heavy atom. The smallest absolute Gasteiger partial charge is 0.0963 e. The molecule has 0 unspecified atom stereocenters. The lowest BCUT2D eigenvalue weighted by Crippen LogP contribution is -2.28. The van der Waals surface area contributed by atoms with Gasteiger partial charge in [0.2, 0.25) is 0 Å². The van der Waals surface area contributed by atoms with Crippen molar-refractivity contribution in [3.05, 3.63) is 252 Å². The van der Waals surface area contributed by atoms with Gasteiger partial charge >= 0.3 is 0 Å².